The highest BCUT2D eigenvalue weighted by Crippen LogP contribution is 2.58. The first-order chi connectivity index (χ1) is 16.1. The minimum Gasteiger partial charge on any atom is -0.393 e. The molecular formula is C31H42O3. The summed E-state index contributed by atoms with van der Waals surface area (Å²) < 4.78 is 0. The number of hydrogen-bond donors (Lipinski definition) is 3. The fraction of sp³-hybridized carbons (Fsp3) is 0.548. The molecule has 0 aromatic heterocycles. The van der Waals surface area contributed by atoms with Gasteiger partial charge >= 0.3 is 0 Å². The highest BCUT2D eigenvalue weighted by Gasteiger charge is 2.45. The van der Waals surface area contributed by atoms with Crippen LogP contribution in [-0.2, 0) is 6.42 Å². The van der Waals surface area contributed by atoms with E-state index in [2.05, 4.69) is 56.0 Å². The largest absolute Gasteiger partial charge is 0.393 e. The van der Waals surface area contributed by atoms with Crippen LogP contribution >= 0.6 is 0 Å². The van der Waals surface area contributed by atoms with Crippen LogP contribution in [0.1, 0.15) is 83.3 Å². The van der Waals surface area contributed by atoms with Crippen LogP contribution in [0.25, 0.3) is 5.57 Å². The zero-order valence-corrected chi connectivity index (χ0v) is 21.2. The minimum atomic E-state index is -0.641. The molecule has 4 atom stereocenters. The summed E-state index contributed by atoms with van der Waals surface area (Å²) in [7, 11) is 0. The Morgan fingerprint density at radius 2 is 1.94 bits per heavy atom. The van der Waals surface area contributed by atoms with Crippen molar-refractivity contribution in [2.45, 2.75) is 96.4 Å². The van der Waals surface area contributed by atoms with Crippen molar-refractivity contribution in [3.05, 3.63) is 76.9 Å². The summed E-state index contributed by atoms with van der Waals surface area (Å²) in [6.45, 7) is 10.3. The zero-order valence-electron chi connectivity index (χ0n) is 21.2. The lowest BCUT2D eigenvalue weighted by Gasteiger charge is -2.41. The highest BCUT2D eigenvalue weighted by atomic mass is 16.3. The standard InChI is InChI=1S/C31H42O3/c1-21-24(19-25(32)20-29(21)33)14-13-23-11-8-18-31(4)27(23)15-16-28(31)26-12-6-5-9-22(26)10-7-17-30(2,3)34/h5-6,9,12-14,16,25,27,29,32-34H,1,7-8,10-11,15,17-20H2,2-4H3/b23-13+,24-14-/t25-,27?,29+,31+/m1/s1. The molecule has 2 fully saturated rings. The summed E-state index contributed by atoms with van der Waals surface area (Å²) >= 11 is 0. The molecule has 1 aromatic rings. The van der Waals surface area contributed by atoms with Gasteiger partial charge in [-0.15, -0.1) is 0 Å². The maximum Gasteiger partial charge on any atom is 0.0811 e. The minimum absolute atomic E-state index is 0.123. The van der Waals surface area contributed by atoms with Crippen LogP contribution in [-0.4, -0.2) is 33.1 Å². The first kappa shape index (κ1) is 25.2. The van der Waals surface area contributed by atoms with Crippen LogP contribution in [0.4, 0.5) is 0 Å². The topological polar surface area (TPSA) is 60.7 Å². The molecule has 1 unspecified atom stereocenters. The second-order valence-electron chi connectivity index (χ2n) is 11.6. The molecule has 2 saturated carbocycles. The van der Waals surface area contributed by atoms with Gasteiger partial charge in [0.25, 0.3) is 0 Å². The summed E-state index contributed by atoms with van der Waals surface area (Å²) in [6.07, 6.45) is 14.0. The molecular weight excluding hydrogens is 420 g/mol. The Bertz CT molecular complexity index is 1010. The Balaban J connectivity index is 1.56. The fourth-order valence-electron chi connectivity index (χ4n) is 6.41. The van der Waals surface area contributed by atoms with Crippen LogP contribution in [0.5, 0.6) is 0 Å². The van der Waals surface area contributed by atoms with Gasteiger partial charge in [0.2, 0.25) is 0 Å². The van der Waals surface area contributed by atoms with Crippen molar-refractivity contribution < 1.29 is 15.3 Å². The molecule has 1 aromatic carbocycles. The normalized spacial score (nSPS) is 32.2. The summed E-state index contributed by atoms with van der Waals surface area (Å²) in [6, 6.07) is 8.83. The molecule has 184 valence electrons. The average molecular weight is 463 g/mol. The first-order valence-electron chi connectivity index (χ1n) is 13.0. The van der Waals surface area contributed by atoms with Gasteiger partial charge in [-0.1, -0.05) is 61.6 Å². The Morgan fingerprint density at radius 3 is 2.71 bits per heavy atom. The molecule has 3 nitrogen and oxygen atoms in total. The van der Waals surface area contributed by atoms with Gasteiger partial charge in [0.1, 0.15) is 0 Å². The van der Waals surface area contributed by atoms with Gasteiger partial charge in [0.05, 0.1) is 17.8 Å². The van der Waals surface area contributed by atoms with Crippen LogP contribution in [0.15, 0.2) is 65.8 Å². The van der Waals surface area contributed by atoms with Crippen molar-refractivity contribution in [3.8, 4) is 0 Å². The van der Waals surface area contributed by atoms with E-state index in [1.54, 1.807) is 0 Å². The van der Waals surface area contributed by atoms with E-state index in [4.69, 9.17) is 0 Å². The third-order valence-electron chi connectivity index (χ3n) is 8.36. The van der Waals surface area contributed by atoms with E-state index in [1.165, 1.54) is 35.1 Å². The molecule has 3 aliphatic carbocycles. The number of rotatable bonds is 6. The molecule has 0 amide bonds. The molecule has 34 heavy (non-hydrogen) atoms. The quantitative estimate of drug-likeness (QED) is 0.465. The van der Waals surface area contributed by atoms with E-state index in [1.807, 2.05) is 13.8 Å². The lowest BCUT2D eigenvalue weighted by atomic mass is 9.63. The van der Waals surface area contributed by atoms with E-state index in [0.717, 1.165) is 43.3 Å². The monoisotopic (exact) mass is 462 g/mol. The molecule has 0 spiro atoms. The van der Waals surface area contributed by atoms with Crippen molar-refractivity contribution in [3.63, 3.8) is 0 Å². The third kappa shape index (κ3) is 5.32. The Morgan fingerprint density at radius 1 is 1.18 bits per heavy atom. The molecule has 0 bridgehead atoms. The fourth-order valence-corrected chi connectivity index (χ4v) is 6.41. The Labute approximate surface area is 205 Å². The summed E-state index contributed by atoms with van der Waals surface area (Å²) in [4.78, 5) is 0. The van der Waals surface area contributed by atoms with Crippen molar-refractivity contribution in [1.29, 1.82) is 0 Å². The lowest BCUT2D eigenvalue weighted by Crippen LogP contribution is -2.30. The Kier molecular flexibility index (Phi) is 7.38. The van der Waals surface area contributed by atoms with Crippen LogP contribution in [0.2, 0.25) is 0 Å². The maximum absolute atomic E-state index is 10.2. The Hall–Kier alpha value is -1.94. The van der Waals surface area contributed by atoms with E-state index < -0.39 is 17.8 Å². The number of hydrogen-bond acceptors (Lipinski definition) is 3. The summed E-state index contributed by atoms with van der Waals surface area (Å²) in [5.74, 6) is 0.490. The van der Waals surface area contributed by atoms with E-state index in [-0.39, 0.29) is 5.41 Å². The first-order valence-corrected chi connectivity index (χ1v) is 13.0. The zero-order chi connectivity index (χ0) is 24.5. The molecule has 4 rings (SSSR count). The van der Waals surface area contributed by atoms with Crippen LogP contribution in [0, 0.1) is 11.3 Å². The number of aliphatic hydroxyl groups excluding tert-OH is 2. The van der Waals surface area contributed by atoms with E-state index >= 15 is 0 Å². The molecule has 0 radical (unpaired) electrons. The van der Waals surface area contributed by atoms with E-state index in [0.29, 0.717) is 18.8 Å². The van der Waals surface area contributed by atoms with Gasteiger partial charge in [0, 0.05) is 6.42 Å². The molecule has 0 heterocycles. The number of benzene rings is 1. The molecule has 3 aliphatic rings. The summed E-state index contributed by atoms with van der Waals surface area (Å²) in [5, 5.41) is 30.4. The van der Waals surface area contributed by atoms with Gasteiger partial charge < -0.3 is 15.3 Å². The SMILES string of the molecule is C=C1/C(=C\C=C2/CCC[C@]3(C)C(c4ccccc4CCCC(C)(C)O)=CCC23)C[C@@H](O)C[C@@H]1O. The number of aliphatic hydroxyl groups is 3. The number of fused-ring (bicyclic) bond motifs is 1. The molecule has 0 aliphatic heterocycles. The lowest BCUT2D eigenvalue weighted by molar-refractivity contribution is 0.0689. The molecule has 3 heteroatoms. The summed E-state index contributed by atoms with van der Waals surface area (Å²) in [5.41, 5.74) is 6.98. The smallest absolute Gasteiger partial charge is 0.0811 e. The van der Waals surface area contributed by atoms with Gasteiger partial charge in [-0.2, -0.15) is 0 Å². The number of allylic oxidation sites excluding steroid dienone is 5. The van der Waals surface area contributed by atoms with Crippen LogP contribution in [0.3, 0.4) is 0 Å². The molecule has 0 saturated heterocycles. The van der Waals surface area contributed by atoms with Crippen molar-refractivity contribution in [2.24, 2.45) is 11.3 Å². The predicted molar refractivity (Wildman–Crippen MR) is 140 cm³/mol. The van der Waals surface area contributed by atoms with Crippen LogP contribution < -0.4 is 0 Å². The van der Waals surface area contributed by atoms with Gasteiger partial charge in [0.15, 0.2) is 0 Å². The van der Waals surface area contributed by atoms with Gasteiger partial charge in [-0.05, 0) is 104 Å². The third-order valence-corrected chi connectivity index (χ3v) is 8.36. The average Bonchev–Trinajstić information content (AvgIpc) is 3.12. The van der Waals surface area contributed by atoms with Gasteiger partial charge in [-0.3, -0.25) is 0 Å². The van der Waals surface area contributed by atoms with Gasteiger partial charge in [-0.25, -0.2) is 0 Å². The number of aryl methyl sites for hydroxylation is 1. The second-order valence-corrected chi connectivity index (χ2v) is 11.6. The van der Waals surface area contributed by atoms with Crippen molar-refractivity contribution in [2.75, 3.05) is 0 Å². The predicted octanol–water partition coefficient (Wildman–Crippen LogP) is 6.30. The molecule has 3 N–H and O–H groups in total. The second kappa shape index (κ2) is 9.97. The maximum atomic E-state index is 10.2. The highest BCUT2D eigenvalue weighted by molar-refractivity contribution is 5.75. The van der Waals surface area contributed by atoms with Crippen molar-refractivity contribution in [1.82, 2.24) is 0 Å². The van der Waals surface area contributed by atoms with E-state index in [9.17, 15) is 15.3 Å². The van der Waals surface area contributed by atoms with Crippen molar-refractivity contribution >= 4 is 5.57 Å².